The molecule has 0 aliphatic carbocycles. The highest BCUT2D eigenvalue weighted by molar-refractivity contribution is 6.29. The first-order chi connectivity index (χ1) is 9.67. The summed E-state index contributed by atoms with van der Waals surface area (Å²) in [6.07, 6.45) is 0.0167. The van der Waals surface area contributed by atoms with E-state index < -0.39 is 0 Å². The number of ether oxygens (including phenoxy) is 2. The second-order valence-corrected chi connectivity index (χ2v) is 4.81. The molecule has 0 N–H and O–H groups in total. The molecule has 3 rings (SSSR count). The van der Waals surface area contributed by atoms with Gasteiger partial charge in [0.05, 0.1) is 13.2 Å². The van der Waals surface area contributed by atoms with Gasteiger partial charge >= 0.3 is 0 Å². The van der Waals surface area contributed by atoms with Gasteiger partial charge < -0.3 is 9.47 Å². The topological polar surface area (TPSA) is 73.0 Å². The average molecular weight is 291 g/mol. The van der Waals surface area contributed by atoms with Crippen LogP contribution < -0.4 is 4.74 Å². The molecule has 1 fully saturated rings. The van der Waals surface area contributed by atoms with E-state index in [2.05, 4.69) is 10.1 Å². The number of halogens is 1. The third-order valence-electron chi connectivity index (χ3n) is 2.91. The number of nitrogens with zero attached hydrogens (tertiary/aromatic N) is 4. The van der Waals surface area contributed by atoms with Gasteiger partial charge in [-0.1, -0.05) is 11.6 Å². The first-order valence-electron chi connectivity index (χ1n) is 6.05. The van der Waals surface area contributed by atoms with E-state index >= 15 is 0 Å². The van der Waals surface area contributed by atoms with Crippen molar-refractivity contribution in [3.8, 4) is 17.6 Å². The molecule has 0 unspecified atom stereocenters. The van der Waals surface area contributed by atoms with Crippen LogP contribution in [0.1, 0.15) is 11.4 Å². The van der Waals surface area contributed by atoms with Crippen LogP contribution in [0.2, 0.25) is 5.15 Å². The molecule has 1 aliphatic rings. The molecule has 1 saturated heterocycles. The highest BCUT2D eigenvalue weighted by atomic mass is 35.5. The van der Waals surface area contributed by atoms with Gasteiger partial charge in [-0.2, -0.15) is 10.4 Å². The van der Waals surface area contributed by atoms with Crippen LogP contribution in [0.4, 0.5) is 0 Å². The first-order valence-corrected chi connectivity index (χ1v) is 6.43. The molecule has 0 bridgehead atoms. The lowest BCUT2D eigenvalue weighted by Gasteiger charge is -2.27. The predicted octanol–water partition coefficient (Wildman–Crippen LogP) is 1.88. The molecule has 6 nitrogen and oxygen atoms in total. The Morgan fingerprint density at radius 2 is 2.30 bits per heavy atom. The van der Waals surface area contributed by atoms with Gasteiger partial charge in [0.2, 0.25) is 0 Å². The maximum Gasteiger partial charge on any atom is 0.197 e. The van der Waals surface area contributed by atoms with Crippen molar-refractivity contribution in [3.05, 3.63) is 34.7 Å². The Morgan fingerprint density at radius 3 is 2.90 bits per heavy atom. The number of hydrogen-bond donors (Lipinski definition) is 0. The van der Waals surface area contributed by atoms with Crippen LogP contribution in [0.15, 0.2) is 18.2 Å². The van der Waals surface area contributed by atoms with Gasteiger partial charge in [-0.05, 0) is 25.1 Å². The van der Waals surface area contributed by atoms with Crippen molar-refractivity contribution < 1.29 is 9.47 Å². The lowest BCUT2D eigenvalue weighted by Crippen LogP contribution is -2.38. The van der Waals surface area contributed by atoms with E-state index in [1.807, 2.05) is 13.0 Å². The van der Waals surface area contributed by atoms with Crippen LogP contribution in [-0.4, -0.2) is 34.1 Å². The molecular weight excluding hydrogens is 280 g/mol. The fourth-order valence-corrected chi connectivity index (χ4v) is 2.00. The fraction of sp³-hybridized carbons (Fsp3) is 0.308. The summed E-state index contributed by atoms with van der Waals surface area (Å²) in [5.74, 6) is 1.04. The Kier molecular flexibility index (Phi) is 3.30. The summed E-state index contributed by atoms with van der Waals surface area (Å²) in [6, 6.07) is 7.08. The molecular formula is C13H11ClN4O2. The smallest absolute Gasteiger partial charge is 0.197 e. The van der Waals surface area contributed by atoms with E-state index in [1.165, 1.54) is 0 Å². The molecule has 3 heterocycles. The molecule has 0 spiro atoms. The van der Waals surface area contributed by atoms with Gasteiger partial charge in [-0.3, -0.25) is 0 Å². The lowest BCUT2D eigenvalue weighted by molar-refractivity contribution is -0.0798. The third kappa shape index (κ3) is 2.33. The minimum absolute atomic E-state index is 0.0167. The van der Waals surface area contributed by atoms with Crippen LogP contribution in [-0.2, 0) is 4.74 Å². The largest absolute Gasteiger partial charge is 0.482 e. The SMILES string of the molecule is Cc1cc(C#N)nn1-c1nc(Cl)ccc1OC1COC1. The molecule has 7 heteroatoms. The summed E-state index contributed by atoms with van der Waals surface area (Å²) in [5, 5.41) is 13.4. The molecule has 0 amide bonds. The lowest BCUT2D eigenvalue weighted by atomic mass is 10.3. The van der Waals surface area contributed by atoms with Gasteiger partial charge in [0.25, 0.3) is 0 Å². The quantitative estimate of drug-likeness (QED) is 0.807. The summed E-state index contributed by atoms with van der Waals surface area (Å²) in [5.41, 5.74) is 1.10. The van der Waals surface area contributed by atoms with Crippen molar-refractivity contribution in [1.29, 1.82) is 5.26 Å². The maximum absolute atomic E-state index is 8.92. The van der Waals surface area contributed by atoms with Crippen molar-refractivity contribution in [2.45, 2.75) is 13.0 Å². The van der Waals surface area contributed by atoms with E-state index in [9.17, 15) is 0 Å². The number of hydrogen-bond acceptors (Lipinski definition) is 5. The molecule has 102 valence electrons. The average Bonchev–Trinajstić information content (AvgIpc) is 2.76. The predicted molar refractivity (Wildman–Crippen MR) is 71.1 cm³/mol. The monoisotopic (exact) mass is 290 g/mol. The number of pyridine rings is 1. The van der Waals surface area contributed by atoms with Crippen molar-refractivity contribution in [3.63, 3.8) is 0 Å². The Balaban J connectivity index is 2.03. The molecule has 1 aliphatic heterocycles. The van der Waals surface area contributed by atoms with Crippen LogP contribution in [0, 0.1) is 18.3 Å². The van der Waals surface area contributed by atoms with Gasteiger partial charge in [0.1, 0.15) is 17.3 Å². The highest BCUT2D eigenvalue weighted by Gasteiger charge is 2.23. The number of rotatable bonds is 3. The molecule has 0 saturated carbocycles. The molecule has 0 radical (unpaired) electrons. The Labute approximate surface area is 120 Å². The maximum atomic E-state index is 8.92. The van der Waals surface area contributed by atoms with Gasteiger partial charge in [0, 0.05) is 5.69 Å². The number of nitriles is 1. The van der Waals surface area contributed by atoms with Crippen molar-refractivity contribution in [2.24, 2.45) is 0 Å². The zero-order valence-electron chi connectivity index (χ0n) is 10.7. The van der Waals surface area contributed by atoms with Gasteiger partial charge in [0.15, 0.2) is 17.3 Å². The molecule has 0 aromatic carbocycles. The molecule has 0 atom stereocenters. The standard InChI is InChI=1S/C13H11ClN4O2/c1-8-4-9(5-15)17-18(8)13-11(2-3-12(14)16-13)20-10-6-19-7-10/h2-4,10H,6-7H2,1H3. The van der Waals surface area contributed by atoms with Crippen LogP contribution >= 0.6 is 11.6 Å². The van der Waals surface area contributed by atoms with Crippen LogP contribution in [0.3, 0.4) is 0 Å². The third-order valence-corrected chi connectivity index (χ3v) is 3.12. The zero-order chi connectivity index (χ0) is 14.1. The Morgan fingerprint density at radius 1 is 1.50 bits per heavy atom. The fourth-order valence-electron chi connectivity index (χ4n) is 1.86. The highest BCUT2D eigenvalue weighted by Crippen LogP contribution is 2.26. The van der Waals surface area contributed by atoms with E-state index in [4.69, 9.17) is 26.3 Å². The minimum Gasteiger partial charge on any atom is -0.482 e. The summed E-state index contributed by atoms with van der Waals surface area (Å²) in [4.78, 5) is 4.25. The van der Waals surface area contributed by atoms with Gasteiger partial charge in [-0.15, -0.1) is 0 Å². The summed E-state index contributed by atoms with van der Waals surface area (Å²) >= 11 is 5.95. The first kappa shape index (κ1) is 12.9. The van der Waals surface area contributed by atoms with Gasteiger partial charge in [-0.25, -0.2) is 9.67 Å². The van der Waals surface area contributed by atoms with E-state index in [-0.39, 0.29) is 6.10 Å². The van der Waals surface area contributed by atoms with E-state index in [1.54, 1.807) is 22.9 Å². The Hall–Kier alpha value is -2.10. The number of aryl methyl sites for hydroxylation is 1. The number of aromatic nitrogens is 3. The summed E-state index contributed by atoms with van der Waals surface area (Å²) in [6.45, 7) is 2.96. The molecule has 20 heavy (non-hydrogen) atoms. The van der Waals surface area contributed by atoms with Crippen LogP contribution in [0.5, 0.6) is 5.75 Å². The zero-order valence-corrected chi connectivity index (χ0v) is 11.5. The van der Waals surface area contributed by atoms with Crippen molar-refractivity contribution >= 4 is 11.6 Å². The summed E-state index contributed by atoms with van der Waals surface area (Å²) in [7, 11) is 0. The molecule has 2 aromatic heterocycles. The Bertz CT molecular complexity index is 688. The van der Waals surface area contributed by atoms with Crippen molar-refractivity contribution in [1.82, 2.24) is 14.8 Å². The van der Waals surface area contributed by atoms with Crippen LogP contribution in [0.25, 0.3) is 5.82 Å². The summed E-state index contributed by atoms with van der Waals surface area (Å²) < 4.78 is 12.4. The van der Waals surface area contributed by atoms with E-state index in [0.29, 0.717) is 35.6 Å². The molecule has 2 aromatic rings. The normalized spacial score (nSPS) is 14.7. The van der Waals surface area contributed by atoms with Crippen molar-refractivity contribution in [2.75, 3.05) is 13.2 Å². The second-order valence-electron chi connectivity index (χ2n) is 4.43. The van der Waals surface area contributed by atoms with E-state index in [0.717, 1.165) is 5.69 Å². The second kappa shape index (κ2) is 5.12. The minimum atomic E-state index is 0.0167.